The zero-order valence-corrected chi connectivity index (χ0v) is 9.22. The van der Waals surface area contributed by atoms with E-state index in [4.69, 9.17) is 14.7 Å². The van der Waals surface area contributed by atoms with Crippen molar-refractivity contribution in [1.29, 1.82) is 5.26 Å². The number of carbonyl (C=O) groups is 1. The molecule has 2 unspecified atom stereocenters. The SMILES string of the molecule is N#CC1CN(C(=O)C2CCCOC2)CCO1. The van der Waals surface area contributed by atoms with Crippen molar-refractivity contribution in [3.8, 4) is 6.07 Å². The maximum Gasteiger partial charge on any atom is 0.228 e. The molecule has 5 nitrogen and oxygen atoms in total. The Morgan fingerprint density at radius 3 is 3.00 bits per heavy atom. The molecule has 0 saturated carbocycles. The van der Waals surface area contributed by atoms with Gasteiger partial charge in [-0.1, -0.05) is 0 Å². The lowest BCUT2D eigenvalue weighted by atomic mass is 10.0. The summed E-state index contributed by atoms with van der Waals surface area (Å²) in [5, 5.41) is 8.76. The van der Waals surface area contributed by atoms with E-state index in [-0.39, 0.29) is 11.8 Å². The van der Waals surface area contributed by atoms with Gasteiger partial charge < -0.3 is 14.4 Å². The van der Waals surface area contributed by atoms with E-state index >= 15 is 0 Å². The van der Waals surface area contributed by atoms with Crippen molar-refractivity contribution in [2.75, 3.05) is 32.9 Å². The maximum atomic E-state index is 12.1. The average molecular weight is 224 g/mol. The average Bonchev–Trinajstić information content (AvgIpc) is 2.39. The van der Waals surface area contributed by atoms with Crippen LogP contribution in [-0.2, 0) is 14.3 Å². The predicted molar refractivity (Wildman–Crippen MR) is 55.5 cm³/mol. The van der Waals surface area contributed by atoms with Gasteiger partial charge >= 0.3 is 0 Å². The van der Waals surface area contributed by atoms with Crippen LogP contribution in [0.1, 0.15) is 12.8 Å². The molecule has 88 valence electrons. The van der Waals surface area contributed by atoms with Crippen molar-refractivity contribution in [3.63, 3.8) is 0 Å². The fourth-order valence-electron chi connectivity index (χ4n) is 2.12. The second kappa shape index (κ2) is 5.28. The lowest BCUT2D eigenvalue weighted by molar-refractivity contribution is -0.145. The van der Waals surface area contributed by atoms with E-state index in [0.29, 0.717) is 26.3 Å². The summed E-state index contributed by atoms with van der Waals surface area (Å²) in [5.41, 5.74) is 0. The number of morpholine rings is 1. The first kappa shape index (κ1) is 11.4. The molecule has 0 bridgehead atoms. The quantitative estimate of drug-likeness (QED) is 0.636. The topological polar surface area (TPSA) is 62.6 Å². The van der Waals surface area contributed by atoms with Gasteiger partial charge in [-0.05, 0) is 12.8 Å². The lowest BCUT2D eigenvalue weighted by Crippen LogP contribution is -2.48. The van der Waals surface area contributed by atoms with Gasteiger partial charge in [-0.15, -0.1) is 0 Å². The van der Waals surface area contributed by atoms with Gasteiger partial charge in [0, 0.05) is 13.2 Å². The van der Waals surface area contributed by atoms with Crippen LogP contribution in [0.3, 0.4) is 0 Å². The Kier molecular flexibility index (Phi) is 3.75. The molecule has 0 aromatic heterocycles. The Morgan fingerprint density at radius 1 is 1.44 bits per heavy atom. The van der Waals surface area contributed by atoms with Crippen LogP contribution in [0.25, 0.3) is 0 Å². The predicted octanol–water partition coefficient (Wildman–Crippen LogP) is 0.164. The van der Waals surface area contributed by atoms with Gasteiger partial charge in [0.05, 0.1) is 31.7 Å². The van der Waals surface area contributed by atoms with Crippen LogP contribution in [0, 0.1) is 17.2 Å². The van der Waals surface area contributed by atoms with Gasteiger partial charge in [0.25, 0.3) is 0 Å². The van der Waals surface area contributed by atoms with Crippen LogP contribution in [0.15, 0.2) is 0 Å². The highest BCUT2D eigenvalue weighted by Crippen LogP contribution is 2.18. The molecule has 0 aromatic carbocycles. The zero-order chi connectivity index (χ0) is 11.4. The molecule has 2 saturated heterocycles. The minimum atomic E-state index is -0.470. The third-order valence-corrected chi connectivity index (χ3v) is 3.03. The number of nitrogens with zero attached hydrogens (tertiary/aromatic N) is 2. The fourth-order valence-corrected chi connectivity index (χ4v) is 2.12. The van der Waals surface area contributed by atoms with E-state index in [0.717, 1.165) is 19.4 Å². The van der Waals surface area contributed by atoms with Crippen molar-refractivity contribution in [1.82, 2.24) is 4.90 Å². The third-order valence-electron chi connectivity index (χ3n) is 3.03. The minimum absolute atomic E-state index is 0.0220. The van der Waals surface area contributed by atoms with Crippen molar-refractivity contribution in [2.24, 2.45) is 5.92 Å². The molecule has 1 amide bonds. The molecule has 2 heterocycles. The van der Waals surface area contributed by atoms with Gasteiger partial charge in [0.1, 0.15) is 0 Å². The van der Waals surface area contributed by atoms with Gasteiger partial charge in [-0.25, -0.2) is 0 Å². The molecular weight excluding hydrogens is 208 g/mol. The van der Waals surface area contributed by atoms with Gasteiger partial charge in [0.15, 0.2) is 6.10 Å². The van der Waals surface area contributed by atoms with Crippen molar-refractivity contribution < 1.29 is 14.3 Å². The number of nitriles is 1. The number of carbonyl (C=O) groups excluding carboxylic acids is 1. The molecule has 0 aromatic rings. The van der Waals surface area contributed by atoms with Crippen LogP contribution in [0.4, 0.5) is 0 Å². The minimum Gasteiger partial charge on any atom is -0.381 e. The number of ether oxygens (including phenoxy) is 2. The van der Waals surface area contributed by atoms with Gasteiger partial charge in [-0.2, -0.15) is 5.26 Å². The maximum absolute atomic E-state index is 12.1. The Balaban J connectivity index is 1.90. The summed E-state index contributed by atoms with van der Waals surface area (Å²) in [5.74, 6) is 0.0921. The molecule has 2 aliphatic rings. The Morgan fingerprint density at radius 2 is 2.31 bits per heavy atom. The van der Waals surface area contributed by atoms with E-state index in [1.165, 1.54) is 0 Å². The van der Waals surface area contributed by atoms with Crippen molar-refractivity contribution in [3.05, 3.63) is 0 Å². The molecule has 0 aliphatic carbocycles. The number of hydrogen-bond donors (Lipinski definition) is 0. The summed E-state index contributed by atoms with van der Waals surface area (Å²) in [4.78, 5) is 13.8. The monoisotopic (exact) mass is 224 g/mol. The van der Waals surface area contributed by atoms with Crippen LogP contribution < -0.4 is 0 Å². The second-order valence-corrected chi connectivity index (χ2v) is 4.19. The van der Waals surface area contributed by atoms with Gasteiger partial charge in [0.2, 0.25) is 5.91 Å². The summed E-state index contributed by atoms with van der Waals surface area (Å²) in [6.45, 7) is 2.72. The van der Waals surface area contributed by atoms with E-state index in [9.17, 15) is 4.79 Å². The molecule has 0 radical (unpaired) electrons. The number of rotatable bonds is 1. The summed E-state index contributed by atoms with van der Waals surface area (Å²) in [7, 11) is 0. The molecule has 2 rings (SSSR count). The molecule has 2 fully saturated rings. The second-order valence-electron chi connectivity index (χ2n) is 4.19. The Labute approximate surface area is 94.9 Å². The zero-order valence-electron chi connectivity index (χ0n) is 9.22. The summed E-state index contributed by atoms with van der Waals surface area (Å²) >= 11 is 0. The standard InChI is InChI=1S/C11H16N2O3/c12-6-10-7-13(3-5-16-10)11(14)9-2-1-4-15-8-9/h9-10H,1-5,7-8H2. The fraction of sp³-hybridized carbons (Fsp3) is 0.818. The highest BCUT2D eigenvalue weighted by atomic mass is 16.5. The molecule has 5 heteroatoms. The molecule has 0 spiro atoms. The highest BCUT2D eigenvalue weighted by Gasteiger charge is 2.30. The van der Waals surface area contributed by atoms with Crippen LogP contribution in [0.2, 0.25) is 0 Å². The molecule has 0 N–H and O–H groups in total. The smallest absolute Gasteiger partial charge is 0.228 e. The summed E-state index contributed by atoms with van der Waals surface area (Å²) in [6.07, 6.45) is 1.37. The van der Waals surface area contributed by atoms with Crippen LogP contribution >= 0.6 is 0 Å². The van der Waals surface area contributed by atoms with Crippen LogP contribution in [0.5, 0.6) is 0 Å². The normalized spacial score (nSPS) is 30.8. The first-order valence-electron chi connectivity index (χ1n) is 5.69. The van der Waals surface area contributed by atoms with E-state index in [2.05, 4.69) is 0 Å². The molecule has 2 aliphatic heterocycles. The van der Waals surface area contributed by atoms with Crippen molar-refractivity contribution in [2.45, 2.75) is 18.9 Å². The summed E-state index contributed by atoms with van der Waals surface area (Å²) < 4.78 is 10.5. The third kappa shape index (κ3) is 2.52. The van der Waals surface area contributed by atoms with E-state index in [1.54, 1.807) is 4.90 Å². The Bertz CT molecular complexity index is 294. The van der Waals surface area contributed by atoms with Crippen molar-refractivity contribution >= 4 is 5.91 Å². The number of amides is 1. The van der Waals surface area contributed by atoms with E-state index < -0.39 is 6.10 Å². The summed E-state index contributed by atoms with van der Waals surface area (Å²) in [6, 6.07) is 2.04. The lowest BCUT2D eigenvalue weighted by Gasteiger charge is -2.33. The largest absolute Gasteiger partial charge is 0.381 e. The molecule has 2 atom stereocenters. The Hall–Kier alpha value is -1.12. The molecule has 16 heavy (non-hydrogen) atoms. The first-order valence-corrected chi connectivity index (χ1v) is 5.69. The molecular formula is C11H16N2O3. The van der Waals surface area contributed by atoms with E-state index in [1.807, 2.05) is 6.07 Å². The van der Waals surface area contributed by atoms with Crippen LogP contribution in [-0.4, -0.2) is 49.8 Å². The highest BCUT2D eigenvalue weighted by molar-refractivity contribution is 5.79. The first-order chi connectivity index (χ1) is 7.81. The van der Waals surface area contributed by atoms with Gasteiger partial charge in [-0.3, -0.25) is 4.79 Å². The number of hydrogen-bond acceptors (Lipinski definition) is 4.